The third-order valence-corrected chi connectivity index (χ3v) is 6.18. The molecule has 1 heterocycles. The van der Waals surface area contributed by atoms with Crippen LogP contribution in [-0.2, 0) is 24.2 Å². The van der Waals surface area contributed by atoms with Crippen LogP contribution in [0.4, 0.5) is 5.69 Å². The molecular formula is C28H26N2O2S. The van der Waals surface area contributed by atoms with Crippen molar-refractivity contribution in [2.75, 3.05) is 11.4 Å². The molecule has 166 valence electrons. The third kappa shape index (κ3) is 6.40. The van der Waals surface area contributed by atoms with Gasteiger partial charge >= 0.3 is 0 Å². The van der Waals surface area contributed by atoms with Crippen LogP contribution in [0.3, 0.4) is 0 Å². The Morgan fingerprint density at radius 3 is 2.15 bits per heavy atom. The number of hydrogen-bond acceptors (Lipinski definition) is 3. The molecule has 3 aromatic carbocycles. The summed E-state index contributed by atoms with van der Waals surface area (Å²) in [5, 5.41) is 4.90. The van der Waals surface area contributed by atoms with Crippen molar-refractivity contribution in [3.63, 3.8) is 0 Å². The van der Waals surface area contributed by atoms with E-state index in [9.17, 15) is 9.59 Å². The van der Waals surface area contributed by atoms with Crippen LogP contribution in [0.1, 0.15) is 26.4 Å². The fraction of sp³-hybridized carbons (Fsp3) is 0.143. The topological polar surface area (TPSA) is 49.4 Å². The van der Waals surface area contributed by atoms with Gasteiger partial charge in [0.1, 0.15) is 0 Å². The second-order valence-corrected chi connectivity index (χ2v) is 8.73. The summed E-state index contributed by atoms with van der Waals surface area (Å²) in [7, 11) is 0. The van der Waals surface area contributed by atoms with Crippen molar-refractivity contribution in [1.29, 1.82) is 0 Å². The summed E-state index contributed by atoms with van der Waals surface area (Å²) in [5.41, 5.74) is 3.91. The van der Waals surface area contributed by atoms with Gasteiger partial charge in [-0.15, -0.1) is 11.3 Å². The molecule has 0 saturated heterocycles. The molecule has 1 N–H and O–H groups in total. The highest BCUT2D eigenvalue weighted by Crippen LogP contribution is 2.23. The molecule has 0 aliphatic rings. The third-order valence-electron chi connectivity index (χ3n) is 5.33. The van der Waals surface area contributed by atoms with Gasteiger partial charge in [0.25, 0.3) is 5.91 Å². The van der Waals surface area contributed by atoms with E-state index in [-0.39, 0.29) is 18.2 Å². The molecule has 0 aliphatic carbocycles. The molecule has 0 fully saturated rings. The van der Waals surface area contributed by atoms with Crippen LogP contribution in [0.2, 0.25) is 0 Å². The monoisotopic (exact) mass is 454 g/mol. The van der Waals surface area contributed by atoms with Gasteiger partial charge in [0.15, 0.2) is 0 Å². The van der Waals surface area contributed by atoms with Gasteiger partial charge in [0.05, 0.1) is 17.8 Å². The van der Waals surface area contributed by atoms with E-state index in [1.807, 2.05) is 90.3 Å². The Morgan fingerprint density at radius 2 is 1.45 bits per heavy atom. The number of amides is 2. The van der Waals surface area contributed by atoms with Crippen LogP contribution in [0.25, 0.3) is 0 Å². The van der Waals surface area contributed by atoms with Crippen molar-refractivity contribution in [3.05, 3.63) is 124 Å². The quantitative estimate of drug-likeness (QED) is 0.363. The fourth-order valence-electron chi connectivity index (χ4n) is 3.65. The van der Waals surface area contributed by atoms with Gasteiger partial charge in [-0.05, 0) is 46.7 Å². The molecule has 4 rings (SSSR count). The lowest BCUT2D eigenvalue weighted by atomic mass is 10.1. The summed E-state index contributed by atoms with van der Waals surface area (Å²) < 4.78 is 0. The summed E-state index contributed by atoms with van der Waals surface area (Å²) in [5.74, 6) is -0.0689. The molecular weight excluding hydrogens is 428 g/mol. The van der Waals surface area contributed by atoms with E-state index in [1.54, 1.807) is 4.90 Å². The van der Waals surface area contributed by atoms with Crippen LogP contribution < -0.4 is 10.2 Å². The number of hydrogen-bond donors (Lipinski definition) is 1. The van der Waals surface area contributed by atoms with E-state index in [1.165, 1.54) is 16.9 Å². The predicted octanol–water partition coefficient (Wildman–Crippen LogP) is 5.50. The second kappa shape index (κ2) is 11.2. The Kier molecular flexibility index (Phi) is 7.67. The zero-order valence-electron chi connectivity index (χ0n) is 18.3. The molecule has 0 aliphatic heterocycles. The Labute approximate surface area is 198 Å². The lowest BCUT2D eigenvalue weighted by Gasteiger charge is -2.23. The van der Waals surface area contributed by atoms with E-state index in [4.69, 9.17) is 0 Å². The number of thiophene rings is 1. The van der Waals surface area contributed by atoms with Crippen LogP contribution in [0.15, 0.2) is 102 Å². The van der Waals surface area contributed by atoms with Crippen molar-refractivity contribution in [1.82, 2.24) is 5.32 Å². The summed E-state index contributed by atoms with van der Waals surface area (Å²) in [6.45, 7) is 1.06. The minimum absolute atomic E-state index is 0.0257. The second-order valence-electron chi connectivity index (χ2n) is 7.79. The van der Waals surface area contributed by atoms with Crippen molar-refractivity contribution >= 4 is 28.8 Å². The molecule has 0 unspecified atom stereocenters. The largest absolute Gasteiger partial charge is 0.355 e. The van der Waals surface area contributed by atoms with Crippen LogP contribution in [-0.4, -0.2) is 18.4 Å². The lowest BCUT2D eigenvalue weighted by Crippen LogP contribution is -2.30. The van der Waals surface area contributed by atoms with Crippen LogP contribution in [0, 0.1) is 0 Å². The van der Waals surface area contributed by atoms with Gasteiger partial charge in [-0.25, -0.2) is 0 Å². The van der Waals surface area contributed by atoms with E-state index < -0.39 is 0 Å². The molecule has 0 spiro atoms. The number of rotatable bonds is 9. The van der Waals surface area contributed by atoms with Gasteiger partial charge in [-0.1, -0.05) is 78.9 Å². The molecule has 0 bridgehead atoms. The fourth-order valence-corrected chi connectivity index (χ4v) is 4.32. The van der Waals surface area contributed by atoms with Gasteiger partial charge in [-0.2, -0.15) is 0 Å². The number of benzene rings is 3. The minimum Gasteiger partial charge on any atom is -0.355 e. The standard InChI is InChI=1S/C28H26N2O2S/c31-27(29-17-16-22-9-3-1-4-10-22)20-24-13-7-14-25(19-24)30(21-23-11-5-2-6-12-23)28(32)26-15-8-18-33-26/h1-15,18-19H,16-17,20-21H2,(H,29,31). The first-order chi connectivity index (χ1) is 16.2. The number of nitrogens with zero attached hydrogens (tertiary/aromatic N) is 1. The highest BCUT2D eigenvalue weighted by molar-refractivity contribution is 7.12. The SMILES string of the molecule is O=C(Cc1cccc(N(Cc2ccccc2)C(=O)c2cccs2)c1)NCCc1ccccc1. The summed E-state index contributed by atoms with van der Waals surface area (Å²) in [6, 6.07) is 31.5. The number of carbonyl (C=O) groups excluding carboxylic acids is 2. The molecule has 0 radical (unpaired) electrons. The zero-order valence-corrected chi connectivity index (χ0v) is 19.1. The van der Waals surface area contributed by atoms with E-state index in [0.717, 1.165) is 23.2 Å². The first-order valence-corrected chi connectivity index (χ1v) is 11.9. The number of carbonyl (C=O) groups is 2. The van der Waals surface area contributed by atoms with Crippen LogP contribution in [0.5, 0.6) is 0 Å². The van der Waals surface area contributed by atoms with Gasteiger partial charge in [0.2, 0.25) is 5.91 Å². The highest BCUT2D eigenvalue weighted by Gasteiger charge is 2.19. The maximum atomic E-state index is 13.3. The van der Waals surface area contributed by atoms with Gasteiger partial charge in [-0.3, -0.25) is 9.59 Å². The molecule has 5 heteroatoms. The average molecular weight is 455 g/mol. The van der Waals surface area contributed by atoms with E-state index in [2.05, 4.69) is 17.4 Å². The van der Waals surface area contributed by atoms with Crippen molar-refractivity contribution < 1.29 is 9.59 Å². The average Bonchev–Trinajstić information content (AvgIpc) is 3.39. The maximum Gasteiger partial charge on any atom is 0.268 e. The maximum absolute atomic E-state index is 13.3. The Bertz CT molecular complexity index is 1180. The minimum atomic E-state index is -0.0432. The first-order valence-electron chi connectivity index (χ1n) is 11.0. The molecule has 0 saturated carbocycles. The highest BCUT2D eigenvalue weighted by atomic mass is 32.1. The van der Waals surface area contributed by atoms with Crippen molar-refractivity contribution in [2.45, 2.75) is 19.4 Å². The predicted molar refractivity (Wildman–Crippen MR) is 135 cm³/mol. The molecule has 0 atom stereocenters. The lowest BCUT2D eigenvalue weighted by molar-refractivity contribution is -0.120. The Hall–Kier alpha value is -3.70. The summed E-state index contributed by atoms with van der Waals surface area (Å²) in [6.07, 6.45) is 1.07. The molecule has 2 amide bonds. The van der Waals surface area contributed by atoms with E-state index in [0.29, 0.717) is 18.0 Å². The Balaban J connectivity index is 1.45. The smallest absolute Gasteiger partial charge is 0.268 e. The number of nitrogens with one attached hydrogen (secondary N) is 1. The normalized spacial score (nSPS) is 10.5. The summed E-state index contributed by atoms with van der Waals surface area (Å²) in [4.78, 5) is 28.2. The van der Waals surface area contributed by atoms with Crippen LogP contribution >= 0.6 is 11.3 Å². The first kappa shape index (κ1) is 22.5. The molecule has 33 heavy (non-hydrogen) atoms. The molecule has 4 aromatic rings. The molecule has 4 nitrogen and oxygen atoms in total. The molecule has 1 aromatic heterocycles. The van der Waals surface area contributed by atoms with Gasteiger partial charge in [0, 0.05) is 12.2 Å². The zero-order chi connectivity index (χ0) is 22.9. The summed E-state index contributed by atoms with van der Waals surface area (Å²) >= 11 is 1.43. The van der Waals surface area contributed by atoms with Gasteiger partial charge < -0.3 is 10.2 Å². The Morgan fingerprint density at radius 1 is 0.758 bits per heavy atom. The van der Waals surface area contributed by atoms with E-state index >= 15 is 0 Å². The van der Waals surface area contributed by atoms with Crippen molar-refractivity contribution in [2.24, 2.45) is 0 Å². The number of anilines is 1. The van der Waals surface area contributed by atoms with Crippen molar-refractivity contribution in [3.8, 4) is 0 Å².